The van der Waals surface area contributed by atoms with E-state index in [2.05, 4.69) is 5.32 Å². The summed E-state index contributed by atoms with van der Waals surface area (Å²) in [6, 6.07) is 4.92. The van der Waals surface area contributed by atoms with Crippen LogP contribution in [0.5, 0.6) is 5.75 Å². The van der Waals surface area contributed by atoms with Gasteiger partial charge in [-0.3, -0.25) is 0 Å². The first kappa shape index (κ1) is 16.6. The van der Waals surface area contributed by atoms with Gasteiger partial charge in [0.25, 0.3) is 0 Å². The maximum Gasteiger partial charge on any atom is 0.407 e. The van der Waals surface area contributed by atoms with Crippen molar-refractivity contribution in [2.75, 3.05) is 13.7 Å². The first-order chi connectivity index (χ1) is 9.23. The number of alkyl carbamates (subject to hydrolysis) is 1. The fourth-order valence-corrected chi connectivity index (χ4v) is 1.75. The Morgan fingerprint density at radius 3 is 2.65 bits per heavy atom. The molecule has 1 aromatic carbocycles. The Balaban J connectivity index is 2.65. The van der Waals surface area contributed by atoms with Gasteiger partial charge in [0.1, 0.15) is 17.5 Å². The highest BCUT2D eigenvalue weighted by atomic mass is 35.5. The molecule has 1 unspecified atom stereocenters. The van der Waals surface area contributed by atoms with Gasteiger partial charge in [0.05, 0.1) is 13.7 Å². The highest BCUT2D eigenvalue weighted by Crippen LogP contribution is 2.28. The van der Waals surface area contributed by atoms with E-state index in [4.69, 9.17) is 21.1 Å². The monoisotopic (exact) mass is 301 g/mol. The normalized spacial score (nSPS) is 12.7. The van der Waals surface area contributed by atoms with Gasteiger partial charge >= 0.3 is 6.09 Å². The lowest BCUT2D eigenvalue weighted by Gasteiger charge is -2.21. The van der Waals surface area contributed by atoms with Gasteiger partial charge in [0, 0.05) is 10.6 Å². The molecule has 0 aliphatic rings. The van der Waals surface area contributed by atoms with Crippen molar-refractivity contribution in [3.63, 3.8) is 0 Å². The summed E-state index contributed by atoms with van der Waals surface area (Å²) in [4.78, 5) is 11.5. The number of benzene rings is 1. The van der Waals surface area contributed by atoms with E-state index in [9.17, 15) is 9.90 Å². The number of aliphatic hydroxyl groups excluding tert-OH is 1. The number of hydrogen-bond donors (Lipinski definition) is 2. The molecule has 1 amide bonds. The molecule has 0 spiro atoms. The first-order valence-electron chi connectivity index (χ1n) is 6.21. The molecule has 20 heavy (non-hydrogen) atoms. The predicted octanol–water partition coefficient (Wildman–Crippen LogP) is 2.91. The summed E-state index contributed by atoms with van der Waals surface area (Å²) in [7, 11) is 1.50. The zero-order chi connectivity index (χ0) is 15.3. The standard InChI is InChI=1S/C14H20ClNO4/c1-14(2,3)20-13(18)16-8-11(17)10-7-9(15)5-6-12(10)19-4/h5-7,11,17H,8H2,1-4H3,(H,16,18). The molecule has 6 heteroatoms. The average molecular weight is 302 g/mol. The van der Waals surface area contributed by atoms with Crippen LogP contribution >= 0.6 is 11.6 Å². The summed E-state index contributed by atoms with van der Waals surface area (Å²) in [5.74, 6) is 0.507. The lowest BCUT2D eigenvalue weighted by Crippen LogP contribution is -2.34. The SMILES string of the molecule is COc1ccc(Cl)cc1C(O)CNC(=O)OC(C)(C)C. The second-order valence-corrected chi connectivity index (χ2v) is 5.72. The zero-order valence-electron chi connectivity index (χ0n) is 12.1. The molecule has 0 saturated heterocycles. The first-order valence-corrected chi connectivity index (χ1v) is 6.59. The van der Waals surface area contributed by atoms with E-state index in [-0.39, 0.29) is 6.54 Å². The molecule has 0 radical (unpaired) electrons. The molecule has 1 aromatic rings. The van der Waals surface area contributed by atoms with Crippen LogP contribution in [0.4, 0.5) is 4.79 Å². The van der Waals surface area contributed by atoms with E-state index in [0.717, 1.165) is 0 Å². The average Bonchev–Trinajstić information content (AvgIpc) is 2.33. The summed E-state index contributed by atoms with van der Waals surface area (Å²) in [6.45, 7) is 5.31. The van der Waals surface area contributed by atoms with Gasteiger partial charge in [0.15, 0.2) is 0 Å². The van der Waals surface area contributed by atoms with Crippen LogP contribution in [0, 0.1) is 0 Å². The minimum Gasteiger partial charge on any atom is -0.496 e. The predicted molar refractivity (Wildman–Crippen MR) is 77.2 cm³/mol. The molecule has 1 rings (SSSR count). The summed E-state index contributed by atoms with van der Waals surface area (Å²) in [5, 5.41) is 13.1. The largest absolute Gasteiger partial charge is 0.496 e. The van der Waals surface area contributed by atoms with Crippen LogP contribution < -0.4 is 10.1 Å². The number of rotatable bonds is 4. The number of aliphatic hydroxyl groups is 1. The molecule has 0 aliphatic heterocycles. The van der Waals surface area contributed by atoms with Crippen molar-refractivity contribution in [1.82, 2.24) is 5.32 Å². The van der Waals surface area contributed by atoms with Crippen molar-refractivity contribution in [2.24, 2.45) is 0 Å². The Bertz CT molecular complexity index is 471. The zero-order valence-corrected chi connectivity index (χ0v) is 12.8. The fourth-order valence-electron chi connectivity index (χ4n) is 1.57. The van der Waals surface area contributed by atoms with Gasteiger partial charge in [-0.25, -0.2) is 4.79 Å². The smallest absolute Gasteiger partial charge is 0.407 e. The summed E-state index contributed by atoms with van der Waals surface area (Å²) >= 11 is 5.89. The summed E-state index contributed by atoms with van der Waals surface area (Å²) in [5.41, 5.74) is -0.0703. The Hall–Kier alpha value is -1.46. The van der Waals surface area contributed by atoms with E-state index in [1.54, 1.807) is 39.0 Å². The van der Waals surface area contributed by atoms with Gasteiger partial charge in [-0.2, -0.15) is 0 Å². The second-order valence-electron chi connectivity index (χ2n) is 5.28. The maximum atomic E-state index is 11.5. The second kappa shape index (κ2) is 6.81. The Labute approximate surface area is 123 Å². The lowest BCUT2D eigenvalue weighted by molar-refractivity contribution is 0.0490. The number of amides is 1. The molecule has 0 bridgehead atoms. The van der Waals surface area contributed by atoms with Crippen molar-refractivity contribution in [3.05, 3.63) is 28.8 Å². The van der Waals surface area contributed by atoms with Crippen LogP contribution in [-0.2, 0) is 4.74 Å². The quantitative estimate of drug-likeness (QED) is 0.897. The van der Waals surface area contributed by atoms with Crippen molar-refractivity contribution < 1.29 is 19.4 Å². The van der Waals surface area contributed by atoms with Crippen LogP contribution in [-0.4, -0.2) is 30.5 Å². The van der Waals surface area contributed by atoms with E-state index < -0.39 is 17.8 Å². The van der Waals surface area contributed by atoms with Crippen LogP contribution in [0.3, 0.4) is 0 Å². The highest BCUT2D eigenvalue weighted by molar-refractivity contribution is 6.30. The number of ether oxygens (including phenoxy) is 2. The van der Waals surface area contributed by atoms with Crippen molar-refractivity contribution in [2.45, 2.75) is 32.5 Å². The van der Waals surface area contributed by atoms with Crippen molar-refractivity contribution in [1.29, 1.82) is 0 Å². The van der Waals surface area contributed by atoms with Crippen LogP contribution in [0.15, 0.2) is 18.2 Å². The molecule has 5 nitrogen and oxygen atoms in total. The van der Waals surface area contributed by atoms with E-state index in [1.807, 2.05) is 0 Å². The lowest BCUT2D eigenvalue weighted by atomic mass is 10.1. The molecule has 112 valence electrons. The number of hydrogen-bond acceptors (Lipinski definition) is 4. The molecule has 0 aliphatic carbocycles. The van der Waals surface area contributed by atoms with Crippen molar-refractivity contribution >= 4 is 17.7 Å². The molecule has 0 aromatic heterocycles. The van der Waals surface area contributed by atoms with Gasteiger partial charge < -0.3 is 19.9 Å². The fraction of sp³-hybridized carbons (Fsp3) is 0.500. The van der Waals surface area contributed by atoms with E-state index in [1.165, 1.54) is 7.11 Å². The van der Waals surface area contributed by atoms with E-state index in [0.29, 0.717) is 16.3 Å². The van der Waals surface area contributed by atoms with Crippen LogP contribution in [0.25, 0.3) is 0 Å². The molecule has 1 atom stereocenters. The van der Waals surface area contributed by atoms with Crippen molar-refractivity contribution in [3.8, 4) is 5.75 Å². The van der Waals surface area contributed by atoms with Gasteiger partial charge in [-0.05, 0) is 39.0 Å². The number of methoxy groups -OCH3 is 1. The minimum absolute atomic E-state index is 0.00557. The molecule has 0 saturated carbocycles. The molecular formula is C14H20ClNO4. The maximum absolute atomic E-state index is 11.5. The summed E-state index contributed by atoms with van der Waals surface area (Å²) in [6.07, 6.45) is -1.52. The molecule has 0 fully saturated rings. The third-order valence-corrected chi connectivity index (χ3v) is 2.62. The highest BCUT2D eigenvalue weighted by Gasteiger charge is 2.19. The van der Waals surface area contributed by atoms with Crippen LogP contribution in [0.2, 0.25) is 5.02 Å². The number of carbonyl (C=O) groups excluding carboxylic acids is 1. The molecular weight excluding hydrogens is 282 g/mol. The van der Waals surface area contributed by atoms with Crippen LogP contribution in [0.1, 0.15) is 32.4 Å². The Morgan fingerprint density at radius 1 is 1.45 bits per heavy atom. The Morgan fingerprint density at radius 2 is 2.10 bits per heavy atom. The third-order valence-electron chi connectivity index (χ3n) is 2.39. The molecule has 0 heterocycles. The van der Waals surface area contributed by atoms with Gasteiger partial charge in [-0.1, -0.05) is 11.6 Å². The van der Waals surface area contributed by atoms with Gasteiger partial charge in [-0.15, -0.1) is 0 Å². The Kier molecular flexibility index (Phi) is 5.65. The van der Waals surface area contributed by atoms with E-state index >= 15 is 0 Å². The third kappa shape index (κ3) is 5.27. The number of carbonyl (C=O) groups is 1. The summed E-state index contributed by atoms with van der Waals surface area (Å²) < 4.78 is 10.2. The minimum atomic E-state index is -0.934. The number of halogens is 1. The molecule has 2 N–H and O–H groups in total. The number of nitrogens with one attached hydrogen (secondary N) is 1. The topological polar surface area (TPSA) is 67.8 Å². The van der Waals surface area contributed by atoms with Gasteiger partial charge in [0.2, 0.25) is 0 Å².